The monoisotopic (exact) mass is 367 g/mol. The van der Waals surface area contributed by atoms with Crippen molar-refractivity contribution in [3.05, 3.63) is 58.3 Å². The van der Waals surface area contributed by atoms with E-state index in [1.165, 1.54) is 4.88 Å². The Kier molecular flexibility index (Phi) is 4.84. The molecule has 26 heavy (non-hydrogen) atoms. The van der Waals surface area contributed by atoms with E-state index < -0.39 is 0 Å². The Bertz CT molecular complexity index is 901. The number of benzene rings is 1. The summed E-state index contributed by atoms with van der Waals surface area (Å²) in [7, 11) is 0. The fourth-order valence-corrected chi connectivity index (χ4v) is 4.17. The zero-order chi connectivity index (χ0) is 17.9. The lowest BCUT2D eigenvalue weighted by Gasteiger charge is -2.23. The number of aromatic nitrogens is 3. The molecular formula is C20H21N3O2S. The van der Waals surface area contributed by atoms with Crippen molar-refractivity contribution in [2.45, 2.75) is 32.7 Å². The molecular weight excluding hydrogens is 346 g/mol. The van der Waals surface area contributed by atoms with Crippen LogP contribution in [0.2, 0.25) is 0 Å². The Labute approximate surface area is 156 Å². The van der Waals surface area contributed by atoms with Gasteiger partial charge in [-0.1, -0.05) is 30.3 Å². The first-order chi connectivity index (χ1) is 12.7. The van der Waals surface area contributed by atoms with Gasteiger partial charge in [0.05, 0.1) is 23.7 Å². The number of aryl methyl sites for hydroxylation is 1. The van der Waals surface area contributed by atoms with Crippen LogP contribution in [0.3, 0.4) is 0 Å². The number of thiazole rings is 1. The predicted molar refractivity (Wildman–Crippen MR) is 101 cm³/mol. The van der Waals surface area contributed by atoms with Crippen molar-refractivity contribution in [2.24, 2.45) is 5.92 Å². The number of hydrogen-bond donors (Lipinski definition) is 0. The highest BCUT2D eigenvalue weighted by atomic mass is 32.1. The van der Waals surface area contributed by atoms with Crippen LogP contribution in [-0.4, -0.2) is 27.1 Å². The van der Waals surface area contributed by atoms with Crippen LogP contribution in [0, 0.1) is 12.8 Å². The Morgan fingerprint density at radius 1 is 1.31 bits per heavy atom. The van der Waals surface area contributed by atoms with Crippen LogP contribution < -0.4 is 0 Å². The Balaban J connectivity index is 1.37. The largest absolute Gasteiger partial charge is 0.465 e. The fraction of sp³-hybridized carbons (Fsp3) is 0.350. The molecule has 134 valence electrons. The Hall–Kier alpha value is -2.47. The zero-order valence-corrected chi connectivity index (χ0v) is 15.5. The highest BCUT2D eigenvalue weighted by Gasteiger charge is 2.28. The van der Waals surface area contributed by atoms with Gasteiger partial charge in [-0.05, 0) is 13.3 Å². The van der Waals surface area contributed by atoms with Crippen molar-refractivity contribution in [1.29, 1.82) is 0 Å². The number of carbonyl (C=O) groups is 1. The number of esters is 1. The second-order valence-corrected chi connectivity index (χ2v) is 7.50. The summed E-state index contributed by atoms with van der Waals surface area (Å²) in [6.07, 6.45) is 4.12. The molecule has 0 amide bonds. The van der Waals surface area contributed by atoms with Crippen molar-refractivity contribution in [1.82, 2.24) is 14.5 Å². The third-order valence-corrected chi connectivity index (χ3v) is 5.87. The molecule has 0 spiro atoms. The lowest BCUT2D eigenvalue weighted by Crippen LogP contribution is -2.27. The molecule has 5 nitrogen and oxygen atoms in total. The standard InChI is InChI=1S/C20H21N3O2S/c1-14-18(26-13-22-14)8-10-25-20(24)16-7-9-23-17(11-16)12-21-19(23)15-5-3-2-4-6-15/h2-6,12-13,16H,7-11H2,1H3/t16-/m0/s1. The molecule has 3 aromatic rings. The maximum Gasteiger partial charge on any atom is 0.309 e. The number of nitrogens with zero attached hydrogens (tertiary/aromatic N) is 3. The number of hydrogen-bond acceptors (Lipinski definition) is 5. The maximum absolute atomic E-state index is 12.4. The molecule has 1 aliphatic rings. The summed E-state index contributed by atoms with van der Waals surface area (Å²) in [5.74, 6) is 0.805. The van der Waals surface area contributed by atoms with E-state index in [0.29, 0.717) is 13.0 Å². The molecule has 0 saturated carbocycles. The first-order valence-electron chi connectivity index (χ1n) is 8.88. The molecule has 0 N–H and O–H groups in total. The van der Waals surface area contributed by atoms with Crippen LogP contribution in [0.25, 0.3) is 11.4 Å². The lowest BCUT2D eigenvalue weighted by atomic mass is 9.96. The first-order valence-corrected chi connectivity index (χ1v) is 9.76. The van der Waals surface area contributed by atoms with E-state index in [-0.39, 0.29) is 11.9 Å². The Morgan fingerprint density at radius 3 is 2.92 bits per heavy atom. The van der Waals surface area contributed by atoms with E-state index in [2.05, 4.69) is 26.7 Å². The van der Waals surface area contributed by atoms with Crippen molar-refractivity contribution >= 4 is 17.3 Å². The summed E-state index contributed by atoms with van der Waals surface area (Å²) in [6, 6.07) is 10.2. The van der Waals surface area contributed by atoms with Gasteiger partial charge in [-0.25, -0.2) is 9.97 Å². The fourth-order valence-electron chi connectivity index (χ4n) is 3.41. The van der Waals surface area contributed by atoms with Gasteiger partial charge in [0.15, 0.2) is 0 Å². The van der Waals surface area contributed by atoms with Crippen molar-refractivity contribution in [2.75, 3.05) is 6.61 Å². The molecule has 4 rings (SSSR count). The number of imidazole rings is 1. The van der Waals surface area contributed by atoms with E-state index in [0.717, 1.165) is 42.2 Å². The van der Waals surface area contributed by atoms with Crippen LogP contribution in [-0.2, 0) is 28.9 Å². The highest BCUT2D eigenvalue weighted by Crippen LogP contribution is 2.27. The van der Waals surface area contributed by atoms with Crippen molar-refractivity contribution in [3.63, 3.8) is 0 Å². The molecule has 1 aromatic carbocycles. The van der Waals surface area contributed by atoms with Crippen LogP contribution >= 0.6 is 11.3 Å². The molecule has 0 bridgehead atoms. The van der Waals surface area contributed by atoms with E-state index in [1.807, 2.05) is 36.8 Å². The maximum atomic E-state index is 12.4. The molecule has 2 aromatic heterocycles. The first kappa shape index (κ1) is 17.0. The molecule has 3 heterocycles. The minimum absolute atomic E-state index is 0.0784. The topological polar surface area (TPSA) is 57.0 Å². The zero-order valence-electron chi connectivity index (χ0n) is 14.7. The minimum Gasteiger partial charge on any atom is -0.465 e. The van der Waals surface area contributed by atoms with Gasteiger partial charge in [-0.15, -0.1) is 11.3 Å². The van der Waals surface area contributed by atoms with Gasteiger partial charge in [-0.2, -0.15) is 0 Å². The molecule has 0 radical (unpaired) electrons. The molecule has 0 aliphatic carbocycles. The molecule has 6 heteroatoms. The average molecular weight is 367 g/mol. The number of fused-ring (bicyclic) bond motifs is 1. The van der Waals surface area contributed by atoms with Gasteiger partial charge in [-0.3, -0.25) is 4.79 Å². The van der Waals surface area contributed by atoms with E-state index in [9.17, 15) is 4.79 Å². The molecule has 0 unspecified atom stereocenters. The van der Waals surface area contributed by atoms with Gasteiger partial charge < -0.3 is 9.30 Å². The van der Waals surface area contributed by atoms with Crippen molar-refractivity contribution < 1.29 is 9.53 Å². The molecule has 0 fully saturated rings. The summed E-state index contributed by atoms with van der Waals surface area (Å²) in [5.41, 5.74) is 5.08. The highest BCUT2D eigenvalue weighted by molar-refractivity contribution is 7.09. The quantitative estimate of drug-likeness (QED) is 0.646. The van der Waals surface area contributed by atoms with Crippen LogP contribution in [0.15, 0.2) is 42.0 Å². The summed E-state index contributed by atoms with van der Waals surface area (Å²) in [4.78, 5) is 22.4. The second-order valence-electron chi connectivity index (χ2n) is 6.56. The lowest BCUT2D eigenvalue weighted by molar-refractivity contribution is -0.149. The van der Waals surface area contributed by atoms with Gasteiger partial charge in [0, 0.05) is 41.7 Å². The predicted octanol–water partition coefficient (Wildman–Crippen LogP) is 3.66. The number of rotatable bonds is 5. The summed E-state index contributed by atoms with van der Waals surface area (Å²) < 4.78 is 7.75. The number of carbonyl (C=O) groups excluding carboxylic acids is 1. The molecule has 0 saturated heterocycles. The van der Waals surface area contributed by atoms with Crippen molar-refractivity contribution in [3.8, 4) is 11.4 Å². The third kappa shape index (κ3) is 3.42. The van der Waals surface area contributed by atoms with Crippen LogP contribution in [0.1, 0.15) is 22.7 Å². The molecule has 1 aliphatic heterocycles. The van der Waals surface area contributed by atoms with E-state index in [1.54, 1.807) is 11.3 Å². The molecule has 1 atom stereocenters. The number of ether oxygens (including phenoxy) is 1. The summed E-state index contributed by atoms with van der Waals surface area (Å²) in [5, 5.41) is 0. The Morgan fingerprint density at radius 2 is 2.15 bits per heavy atom. The van der Waals surface area contributed by atoms with Crippen LogP contribution in [0.5, 0.6) is 0 Å². The van der Waals surface area contributed by atoms with E-state index >= 15 is 0 Å². The van der Waals surface area contributed by atoms with Gasteiger partial charge >= 0.3 is 5.97 Å². The normalized spacial score (nSPS) is 16.3. The van der Waals surface area contributed by atoms with Gasteiger partial charge in [0.25, 0.3) is 0 Å². The van der Waals surface area contributed by atoms with Gasteiger partial charge in [0.2, 0.25) is 0 Å². The second kappa shape index (κ2) is 7.41. The van der Waals surface area contributed by atoms with Gasteiger partial charge in [0.1, 0.15) is 5.82 Å². The third-order valence-electron chi connectivity index (χ3n) is 4.88. The minimum atomic E-state index is -0.0964. The van der Waals surface area contributed by atoms with E-state index in [4.69, 9.17) is 4.74 Å². The SMILES string of the molecule is Cc1ncsc1CCOC(=O)[C@H]1CCn2c(cnc2-c2ccccc2)C1. The average Bonchev–Trinajstić information content (AvgIpc) is 3.28. The smallest absolute Gasteiger partial charge is 0.309 e. The summed E-state index contributed by atoms with van der Waals surface area (Å²) in [6.45, 7) is 3.21. The summed E-state index contributed by atoms with van der Waals surface area (Å²) >= 11 is 1.61. The van der Waals surface area contributed by atoms with Crippen LogP contribution in [0.4, 0.5) is 0 Å².